The Balaban J connectivity index is 1.15. The third kappa shape index (κ3) is 5.12. The van der Waals surface area contributed by atoms with Gasteiger partial charge in [0.15, 0.2) is 0 Å². The molecule has 17 aromatic rings. The highest BCUT2D eigenvalue weighted by atomic mass is 16.3. The summed E-state index contributed by atoms with van der Waals surface area (Å²) in [6, 6.07) is 73.3. The van der Waals surface area contributed by atoms with Crippen molar-refractivity contribution < 1.29 is 13.3 Å². The number of fused-ring (bicyclic) bond motifs is 21. The molecule has 10 aromatic carbocycles. The van der Waals surface area contributed by atoms with Gasteiger partial charge in [0, 0.05) is 54.7 Å². The summed E-state index contributed by atoms with van der Waals surface area (Å²) in [4.78, 5) is 5.23. The van der Waals surface area contributed by atoms with Crippen LogP contribution < -0.4 is 0 Å². The molecule has 0 aliphatic heterocycles. The Hall–Kier alpha value is -10.9. The number of para-hydroxylation sites is 6. The Bertz CT molecular complexity index is 5510. The lowest BCUT2D eigenvalue weighted by Crippen LogP contribution is -2.14. The van der Waals surface area contributed by atoms with Crippen LogP contribution in [0.2, 0.25) is 0 Å². The Morgan fingerprint density at radius 2 is 0.671 bits per heavy atom. The third-order valence-electron chi connectivity index (χ3n) is 15.8. The van der Waals surface area contributed by atoms with Gasteiger partial charge in [-0.25, -0.2) is 0 Å². The first kappa shape index (κ1) is 40.7. The van der Waals surface area contributed by atoms with Crippen molar-refractivity contribution in [1.29, 1.82) is 10.5 Å². The Morgan fingerprint density at radius 1 is 0.316 bits per heavy atom. The van der Waals surface area contributed by atoms with Crippen molar-refractivity contribution in [3.8, 4) is 40.5 Å². The minimum atomic E-state index is 0.186. The molecular formula is C67H34N6O3. The Labute approximate surface area is 429 Å². The highest BCUT2D eigenvalue weighted by Gasteiger charge is 2.35. The molecule has 17 rings (SSSR count). The number of nitrogens with zero attached hydrogens (tertiary/aromatic N) is 6. The molecule has 350 valence electrons. The molecular weight excluding hydrogens is 937 g/mol. The van der Waals surface area contributed by atoms with Gasteiger partial charge in [0.1, 0.15) is 45.6 Å². The van der Waals surface area contributed by atoms with Gasteiger partial charge in [0.05, 0.1) is 88.7 Å². The zero-order valence-electron chi connectivity index (χ0n) is 40.0. The maximum atomic E-state index is 12.2. The molecule has 0 saturated carbocycles. The van der Waals surface area contributed by atoms with Crippen LogP contribution in [0.25, 0.3) is 160 Å². The zero-order valence-corrected chi connectivity index (χ0v) is 40.0. The van der Waals surface area contributed by atoms with Crippen LogP contribution in [0, 0.1) is 22.7 Å². The van der Waals surface area contributed by atoms with Crippen LogP contribution in [0.5, 0.6) is 0 Å². The highest BCUT2D eigenvalue weighted by Crippen LogP contribution is 2.52. The van der Waals surface area contributed by atoms with Gasteiger partial charge in [0.2, 0.25) is 0 Å². The minimum Gasteiger partial charge on any atom is -0.455 e. The number of pyridine rings is 1. The number of benzene rings is 10. The summed E-state index contributed by atoms with van der Waals surface area (Å²) in [5, 5.41) is 35.9. The molecule has 0 saturated heterocycles. The summed E-state index contributed by atoms with van der Waals surface area (Å²) in [5.74, 6) is 0. The van der Waals surface area contributed by atoms with Crippen LogP contribution in [0.3, 0.4) is 0 Å². The molecule has 9 nitrogen and oxygen atoms in total. The maximum Gasteiger partial charge on any atom is 0.145 e. The fourth-order valence-corrected chi connectivity index (χ4v) is 12.8. The van der Waals surface area contributed by atoms with E-state index < -0.39 is 0 Å². The van der Waals surface area contributed by atoms with Crippen molar-refractivity contribution in [1.82, 2.24) is 18.7 Å². The first-order valence-corrected chi connectivity index (χ1v) is 25.2. The molecule has 0 atom stereocenters. The molecule has 0 aliphatic rings. The first-order chi connectivity index (χ1) is 37.7. The summed E-state index contributed by atoms with van der Waals surface area (Å²) in [6.45, 7) is 0. The molecule has 7 heterocycles. The molecule has 0 unspecified atom stereocenters. The van der Waals surface area contributed by atoms with E-state index in [2.05, 4.69) is 123 Å². The van der Waals surface area contributed by atoms with Crippen LogP contribution >= 0.6 is 0 Å². The van der Waals surface area contributed by atoms with E-state index >= 15 is 0 Å². The number of furan rings is 3. The maximum absolute atomic E-state index is 12.2. The quantitative estimate of drug-likeness (QED) is 0.173. The van der Waals surface area contributed by atoms with E-state index in [9.17, 15) is 10.5 Å². The van der Waals surface area contributed by atoms with Crippen LogP contribution in [0.1, 0.15) is 11.1 Å². The van der Waals surface area contributed by atoms with Crippen molar-refractivity contribution in [2.24, 2.45) is 0 Å². The Kier molecular flexibility index (Phi) is 7.96. The molecule has 9 heteroatoms. The van der Waals surface area contributed by atoms with Crippen LogP contribution in [0.15, 0.2) is 220 Å². The molecule has 0 radical (unpaired) electrons. The van der Waals surface area contributed by atoms with Crippen molar-refractivity contribution in [2.45, 2.75) is 0 Å². The minimum absolute atomic E-state index is 0.186. The first-order valence-electron chi connectivity index (χ1n) is 25.2. The van der Waals surface area contributed by atoms with E-state index in [0.29, 0.717) is 28.3 Å². The van der Waals surface area contributed by atoms with Crippen LogP contribution in [-0.4, -0.2) is 18.7 Å². The van der Waals surface area contributed by atoms with Crippen LogP contribution in [-0.2, 0) is 0 Å². The zero-order chi connectivity index (χ0) is 49.9. The van der Waals surface area contributed by atoms with E-state index in [1.54, 1.807) is 6.20 Å². The normalized spacial score (nSPS) is 12.2. The standard InChI is InChI=1S/C67H34N6O3/c68-35-46-47(36-69)63(72-50-23-8-2-19-44(50)59-53(72)32-29-41-38-16-5-11-26-56(38)75-66(41)59)64(73-51-24-9-3-20-45(51)60-54(73)33-30-42-39-17-6-12-27-57(39)76-67(42)60)61(48-21-13-14-34-70-48)62(46)71-49-22-7-1-18-43(49)58-52(71)31-28-40-37-15-4-10-25-55(37)74-65(40)58/h1-34H. The number of hydrogen-bond acceptors (Lipinski definition) is 6. The lowest BCUT2D eigenvalue weighted by Gasteiger charge is -2.26. The second-order valence-corrected chi connectivity index (χ2v) is 19.5. The average molecular weight is 971 g/mol. The summed E-state index contributed by atoms with van der Waals surface area (Å²) in [6.07, 6.45) is 1.79. The monoisotopic (exact) mass is 970 g/mol. The largest absolute Gasteiger partial charge is 0.455 e. The number of rotatable bonds is 4. The molecule has 0 N–H and O–H groups in total. The van der Waals surface area contributed by atoms with Gasteiger partial charge in [0.25, 0.3) is 0 Å². The fraction of sp³-hybridized carbons (Fsp3) is 0. The van der Waals surface area contributed by atoms with Gasteiger partial charge < -0.3 is 27.0 Å². The van der Waals surface area contributed by atoms with E-state index in [-0.39, 0.29) is 11.1 Å². The Morgan fingerprint density at radius 3 is 1.08 bits per heavy atom. The smallest absolute Gasteiger partial charge is 0.145 e. The highest BCUT2D eigenvalue weighted by molar-refractivity contribution is 6.27. The van der Waals surface area contributed by atoms with Crippen molar-refractivity contribution in [3.63, 3.8) is 0 Å². The average Bonchev–Trinajstić information content (AvgIpc) is 4.50. The number of aromatic nitrogens is 4. The lowest BCUT2D eigenvalue weighted by atomic mass is 9.93. The third-order valence-corrected chi connectivity index (χ3v) is 15.8. The van der Waals surface area contributed by atoms with Gasteiger partial charge in [-0.2, -0.15) is 10.5 Å². The SMILES string of the molecule is N#Cc1c(C#N)c(-n2c3ccccc3c3c4oc5ccccc5c4ccc32)c(-n2c3ccccc3c3c4oc5ccccc5c4ccc32)c(-c2ccccn2)c1-n1c2ccccc2c2c3oc4ccccc4c3ccc21. The molecule has 0 amide bonds. The summed E-state index contributed by atoms with van der Waals surface area (Å²) in [7, 11) is 0. The summed E-state index contributed by atoms with van der Waals surface area (Å²) >= 11 is 0. The predicted octanol–water partition coefficient (Wildman–Crippen LogP) is 17.5. The lowest BCUT2D eigenvalue weighted by molar-refractivity contribution is 0.672. The van der Waals surface area contributed by atoms with Crippen molar-refractivity contribution >= 4 is 131 Å². The number of nitriles is 2. The van der Waals surface area contributed by atoms with E-state index in [0.717, 1.165) is 131 Å². The molecule has 0 spiro atoms. The van der Waals surface area contributed by atoms with Crippen LogP contribution in [0.4, 0.5) is 0 Å². The number of hydrogen-bond donors (Lipinski definition) is 0. The summed E-state index contributed by atoms with van der Waals surface area (Å²) in [5.41, 5.74) is 12.8. The van der Waals surface area contributed by atoms with Gasteiger partial charge in [-0.3, -0.25) is 4.98 Å². The topological polar surface area (TPSA) is 115 Å². The molecule has 7 aromatic heterocycles. The molecule has 0 fully saturated rings. The molecule has 76 heavy (non-hydrogen) atoms. The molecule has 0 aliphatic carbocycles. The van der Waals surface area contributed by atoms with E-state index in [1.807, 2.05) is 103 Å². The van der Waals surface area contributed by atoms with E-state index in [1.165, 1.54) is 0 Å². The second kappa shape index (κ2) is 14.9. The van der Waals surface area contributed by atoms with Gasteiger partial charge >= 0.3 is 0 Å². The fourth-order valence-electron chi connectivity index (χ4n) is 12.8. The predicted molar refractivity (Wildman–Crippen MR) is 304 cm³/mol. The van der Waals surface area contributed by atoms with Gasteiger partial charge in [-0.1, -0.05) is 115 Å². The van der Waals surface area contributed by atoms with Crippen molar-refractivity contribution in [2.75, 3.05) is 0 Å². The van der Waals surface area contributed by atoms with E-state index in [4.69, 9.17) is 18.2 Å². The van der Waals surface area contributed by atoms with Gasteiger partial charge in [-0.05, 0) is 84.9 Å². The van der Waals surface area contributed by atoms with Gasteiger partial charge in [-0.15, -0.1) is 0 Å². The van der Waals surface area contributed by atoms with Crippen molar-refractivity contribution in [3.05, 3.63) is 218 Å². The molecule has 0 bridgehead atoms. The summed E-state index contributed by atoms with van der Waals surface area (Å²) < 4.78 is 27.1. The second-order valence-electron chi connectivity index (χ2n) is 19.5.